The van der Waals surface area contributed by atoms with Crippen LogP contribution >= 0.6 is 0 Å². The molecule has 0 aromatic rings. The van der Waals surface area contributed by atoms with E-state index >= 15 is 0 Å². The van der Waals surface area contributed by atoms with Crippen LogP contribution in [0, 0.1) is 5.92 Å². The smallest absolute Gasteiger partial charge is 0.253 e. The monoisotopic (exact) mass is 209 g/mol. The number of carbonyl (C=O) groups is 2. The third-order valence-corrected chi connectivity index (χ3v) is 3.16. The molecule has 0 saturated heterocycles. The standard InChI is InChI=1S/C11H15NO3/c13-9-3-1-8(2-4-9)7-12-10(14)5-6-11(12)15/h5-6,8-9,13H,1-4,7H2. The molecule has 2 aliphatic rings. The van der Waals surface area contributed by atoms with E-state index in [1.807, 2.05) is 0 Å². The number of hydrogen-bond donors (Lipinski definition) is 1. The summed E-state index contributed by atoms with van der Waals surface area (Å²) >= 11 is 0. The molecule has 1 aliphatic heterocycles. The lowest BCUT2D eigenvalue weighted by atomic mass is 9.87. The molecule has 4 nitrogen and oxygen atoms in total. The third kappa shape index (κ3) is 2.26. The first-order chi connectivity index (χ1) is 7.16. The van der Waals surface area contributed by atoms with Crippen molar-refractivity contribution >= 4 is 11.8 Å². The first-order valence-corrected chi connectivity index (χ1v) is 5.38. The molecule has 4 heteroatoms. The Kier molecular flexibility index (Phi) is 2.86. The van der Waals surface area contributed by atoms with Crippen LogP contribution in [0.2, 0.25) is 0 Å². The van der Waals surface area contributed by atoms with Crippen molar-refractivity contribution in [3.63, 3.8) is 0 Å². The molecule has 2 amide bonds. The van der Waals surface area contributed by atoms with Gasteiger partial charge in [-0.05, 0) is 31.6 Å². The first-order valence-electron chi connectivity index (χ1n) is 5.38. The number of aliphatic hydroxyl groups excluding tert-OH is 1. The van der Waals surface area contributed by atoms with Crippen molar-refractivity contribution < 1.29 is 14.7 Å². The number of amides is 2. The third-order valence-electron chi connectivity index (χ3n) is 3.16. The largest absolute Gasteiger partial charge is 0.393 e. The molecule has 0 aromatic heterocycles. The molecule has 1 fully saturated rings. The van der Waals surface area contributed by atoms with Crippen LogP contribution in [0.3, 0.4) is 0 Å². The molecular formula is C11H15NO3. The summed E-state index contributed by atoms with van der Waals surface area (Å²) in [6.07, 6.45) is 5.82. The Morgan fingerprint density at radius 1 is 1.13 bits per heavy atom. The molecule has 1 aliphatic carbocycles. The van der Waals surface area contributed by atoms with Crippen molar-refractivity contribution in [2.45, 2.75) is 31.8 Å². The second-order valence-electron chi connectivity index (χ2n) is 4.29. The summed E-state index contributed by atoms with van der Waals surface area (Å²) in [5.74, 6) is -0.0431. The molecule has 0 radical (unpaired) electrons. The van der Waals surface area contributed by atoms with Crippen molar-refractivity contribution in [3.05, 3.63) is 12.2 Å². The highest BCUT2D eigenvalue weighted by molar-refractivity contribution is 6.12. The van der Waals surface area contributed by atoms with Crippen LogP contribution in [0.5, 0.6) is 0 Å². The van der Waals surface area contributed by atoms with Crippen LogP contribution in [0.25, 0.3) is 0 Å². The van der Waals surface area contributed by atoms with Crippen LogP contribution in [-0.2, 0) is 9.59 Å². The minimum absolute atomic E-state index is 0.190. The van der Waals surface area contributed by atoms with E-state index in [1.54, 1.807) is 0 Å². The van der Waals surface area contributed by atoms with Crippen molar-refractivity contribution in [1.82, 2.24) is 4.90 Å². The SMILES string of the molecule is O=C1C=CC(=O)N1CC1CCC(O)CC1. The predicted molar refractivity (Wildman–Crippen MR) is 53.8 cm³/mol. The van der Waals surface area contributed by atoms with E-state index in [0.717, 1.165) is 25.7 Å². The Balaban J connectivity index is 1.87. The Labute approximate surface area is 88.6 Å². The van der Waals surface area contributed by atoms with Crippen molar-refractivity contribution in [2.24, 2.45) is 5.92 Å². The van der Waals surface area contributed by atoms with E-state index in [-0.39, 0.29) is 17.9 Å². The zero-order chi connectivity index (χ0) is 10.8. The summed E-state index contributed by atoms with van der Waals surface area (Å²) < 4.78 is 0. The normalized spacial score (nSPS) is 31.4. The van der Waals surface area contributed by atoms with Gasteiger partial charge in [0.15, 0.2) is 0 Å². The Morgan fingerprint density at radius 2 is 1.67 bits per heavy atom. The number of carbonyl (C=O) groups excluding carboxylic acids is 2. The van der Waals surface area contributed by atoms with E-state index in [1.165, 1.54) is 17.1 Å². The highest BCUT2D eigenvalue weighted by atomic mass is 16.3. The van der Waals surface area contributed by atoms with Gasteiger partial charge in [0.05, 0.1) is 6.10 Å². The van der Waals surface area contributed by atoms with E-state index in [9.17, 15) is 14.7 Å². The molecule has 0 aromatic carbocycles. The second-order valence-corrected chi connectivity index (χ2v) is 4.29. The summed E-state index contributed by atoms with van der Waals surface area (Å²) in [5.41, 5.74) is 0. The minimum atomic E-state index is -0.203. The van der Waals surface area contributed by atoms with Crippen LogP contribution in [-0.4, -0.2) is 34.5 Å². The topological polar surface area (TPSA) is 57.6 Å². The van der Waals surface area contributed by atoms with Gasteiger partial charge < -0.3 is 5.11 Å². The Morgan fingerprint density at radius 3 is 2.20 bits per heavy atom. The van der Waals surface area contributed by atoms with Crippen molar-refractivity contribution in [3.8, 4) is 0 Å². The average molecular weight is 209 g/mol. The van der Waals surface area contributed by atoms with Gasteiger partial charge in [-0.15, -0.1) is 0 Å². The quantitative estimate of drug-likeness (QED) is 0.672. The van der Waals surface area contributed by atoms with E-state index in [4.69, 9.17) is 0 Å². The van der Waals surface area contributed by atoms with Gasteiger partial charge in [-0.1, -0.05) is 0 Å². The fourth-order valence-electron chi connectivity index (χ4n) is 2.20. The van der Waals surface area contributed by atoms with Gasteiger partial charge in [-0.3, -0.25) is 14.5 Å². The summed E-state index contributed by atoms with van der Waals surface area (Å²) in [4.78, 5) is 23.9. The molecule has 0 unspecified atom stereocenters. The molecule has 1 N–H and O–H groups in total. The maximum Gasteiger partial charge on any atom is 0.253 e. The van der Waals surface area contributed by atoms with Crippen LogP contribution < -0.4 is 0 Å². The number of aliphatic hydroxyl groups is 1. The molecule has 1 saturated carbocycles. The van der Waals surface area contributed by atoms with Gasteiger partial charge >= 0.3 is 0 Å². The summed E-state index contributed by atoms with van der Waals surface area (Å²) in [5, 5.41) is 9.33. The number of hydrogen-bond acceptors (Lipinski definition) is 3. The van der Waals surface area contributed by atoms with Gasteiger partial charge in [-0.2, -0.15) is 0 Å². The number of rotatable bonds is 2. The molecule has 15 heavy (non-hydrogen) atoms. The fraction of sp³-hybridized carbons (Fsp3) is 0.636. The maximum absolute atomic E-state index is 11.3. The van der Waals surface area contributed by atoms with Crippen molar-refractivity contribution in [2.75, 3.05) is 6.54 Å². The Bertz CT molecular complexity index is 285. The van der Waals surface area contributed by atoms with Gasteiger partial charge in [0.1, 0.15) is 0 Å². The molecule has 0 bridgehead atoms. The predicted octanol–water partition coefficient (Wildman–Crippen LogP) is 0.462. The van der Waals surface area contributed by atoms with Gasteiger partial charge in [-0.25, -0.2) is 0 Å². The van der Waals surface area contributed by atoms with E-state index < -0.39 is 0 Å². The lowest BCUT2D eigenvalue weighted by Gasteiger charge is -2.28. The summed E-state index contributed by atoms with van der Waals surface area (Å²) in [6.45, 7) is 0.511. The first kappa shape index (κ1) is 10.4. The van der Waals surface area contributed by atoms with Crippen LogP contribution in [0.1, 0.15) is 25.7 Å². The van der Waals surface area contributed by atoms with Gasteiger partial charge in [0.25, 0.3) is 11.8 Å². The lowest BCUT2D eigenvalue weighted by molar-refractivity contribution is -0.137. The number of nitrogens with zero attached hydrogens (tertiary/aromatic N) is 1. The highest BCUT2D eigenvalue weighted by Gasteiger charge is 2.28. The van der Waals surface area contributed by atoms with E-state index in [0.29, 0.717) is 12.5 Å². The van der Waals surface area contributed by atoms with Crippen molar-refractivity contribution in [1.29, 1.82) is 0 Å². The molecular weight excluding hydrogens is 194 g/mol. The fourth-order valence-corrected chi connectivity index (χ4v) is 2.20. The van der Waals surface area contributed by atoms with Gasteiger partial charge in [0, 0.05) is 18.7 Å². The second kappa shape index (κ2) is 4.14. The van der Waals surface area contributed by atoms with Crippen LogP contribution in [0.15, 0.2) is 12.2 Å². The molecule has 2 rings (SSSR count). The van der Waals surface area contributed by atoms with Gasteiger partial charge in [0.2, 0.25) is 0 Å². The number of imide groups is 1. The Hall–Kier alpha value is -1.16. The zero-order valence-corrected chi connectivity index (χ0v) is 8.56. The lowest BCUT2D eigenvalue weighted by Crippen LogP contribution is -2.36. The summed E-state index contributed by atoms with van der Waals surface area (Å²) in [6, 6.07) is 0. The maximum atomic E-state index is 11.3. The minimum Gasteiger partial charge on any atom is -0.393 e. The molecule has 0 atom stereocenters. The molecule has 0 spiro atoms. The van der Waals surface area contributed by atoms with E-state index in [2.05, 4.69) is 0 Å². The average Bonchev–Trinajstić information content (AvgIpc) is 2.53. The zero-order valence-electron chi connectivity index (χ0n) is 8.56. The highest BCUT2D eigenvalue weighted by Crippen LogP contribution is 2.25. The summed E-state index contributed by atoms with van der Waals surface area (Å²) in [7, 11) is 0. The molecule has 1 heterocycles. The molecule has 82 valence electrons. The van der Waals surface area contributed by atoms with Crippen LogP contribution in [0.4, 0.5) is 0 Å².